The normalized spacial score (nSPS) is 15.2. The maximum Gasteiger partial charge on any atom is 0.226 e. The van der Waals surface area contributed by atoms with E-state index in [-0.39, 0.29) is 5.91 Å². The van der Waals surface area contributed by atoms with Crippen molar-refractivity contribution in [3.63, 3.8) is 0 Å². The van der Waals surface area contributed by atoms with Gasteiger partial charge in [-0.05, 0) is 37.5 Å². The van der Waals surface area contributed by atoms with E-state index in [0.717, 1.165) is 12.8 Å². The zero-order valence-electron chi connectivity index (χ0n) is 10.1. The Balaban J connectivity index is 1.75. The Kier molecular flexibility index (Phi) is 4.44. The summed E-state index contributed by atoms with van der Waals surface area (Å²) in [5, 5.41) is 3.19. The van der Waals surface area contributed by atoms with E-state index >= 15 is 0 Å². The first kappa shape index (κ1) is 13.2. The zero-order valence-corrected chi connectivity index (χ0v) is 10.9. The molecule has 0 saturated heterocycles. The molecule has 1 amide bonds. The van der Waals surface area contributed by atoms with Crippen LogP contribution in [0.4, 0.5) is 11.4 Å². The highest BCUT2D eigenvalue weighted by Gasteiger charge is 2.17. The van der Waals surface area contributed by atoms with Crippen LogP contribution in [0.15, 0.2) is 18.2 Å². The lowest BCUT2D eigenvalue weighted by Gasteiger charge is -2.25. The number of hydrogen-bond donors (Lipinski definition) is 2. The molecule has 1 aromatic rings. The number of benzene rings is 1. The van der Waals surface area contributed by atoms with Crippen LogP contribution in [0.1, 0.15) is 25.7 Å². The Morgan fingerprint density at radius 1 is 1.50 bits per heavy atom. The second kappa shape index (κ2) is 6.07. The molecule has 1 fully saturated rings. The van der Waals surface area contributed by atoms with E-state index in [2.05, 4.69) is 5.32 Å². The number of carbonyl (C=O) groups excluding carboxylic acids is 1. The second-order valence-corrected chi connectivity index (χ2v) is 4.87. The predicted octanol–water partition coefficient (Wildman–Crippen LogP) is 2.82. The van der Waals surface area contributed by atoms with Gasteiger partial charge < -0.3 is 15.8 Å². The quantitative estimate of drug-likeness (QED) is 0.807. The van der Waals surface area contributed by atoms with Gasteiger partial charge in [-0.3, -0.25) is 4.79 Å². The molecule has 18 heavy (non-hydrogen) atoms. The Morgan fingerprint density at radius 2 is 2.28 bits per heavy atom. The summed E-state index contributed by atoms with van der Waals surface area (Å²) in [5.41, 5.74) is 6.73. The number of nitrogen functional groups attached to an aromatic ring is 1. The molecule has 0 unspecified atom stereocenters. The Labute approximate surface area is 111 Å². The van der Waals surface area contributed by atoms with Gasteiger partial charge in [0.1, 0.15) is 0 Å². The molecular formula is C13H17ClN2O2. The number of anilines is 2. The number of amides is 1. The SMILES string of the molecule is Nc1ccc(NC(=O)CCOC2CCC2)c(Cl)c1. The van der Waals surface area contributed by atoms with Gasteiger partial charge in [-0.25, -0.2) is 0 Å². The van der Waals surface area contributed by atoms with Crippen LogP contribution in [0, 0.1) is 0 Å². The van der Waals surface area contributed by atoms with Crippen LogP contribution in [-0.2, 0) is 9.53 Å². The molecule has 0 radical (unpaired) electrons. The average molecular weight is 269 g/mol. The largest absolute Gasteiger partial charge is 0.399 e. The van der Waals surface area contributed by atoms with Gasteiger partial charge >= 0.3 is 0 Å². The maximum absolute atomic E-state index is 11.7. The summed E-state index contributed by atoms with van der Waals surface area (Å²) in [4.78, 5) is 11.7. The summed E-state index contributed by atoms with van der Waals surface area (Å²) in [6.45, 7) is 0.461. The fourth-order valence-electron chi connectivity index (χ4n) is 1.70. The lowest BCUT2D eigenvalue weighted by atomic mass is 9.96. The molecule has 0 aliphatic heterocycles. The standard InChI is InChI=1S/C13H17ClN2O2/c14-11-8-9(15)4-5-12(11)16-13(17)6-7-18-10-2-1-3-10/h4-5,8,10H,1-3,6-7,15H2,(H,16,17). The fraction of sp³-hybridized carbons (Fsp3) is 0.462. The van der Waals surface area contributed by atoms with Crippen LogP contribution >= 0.6 is 11.6 Å². The minimum Gasteiger partial charge on any atom is -0.399 e. The molecule has 0 bridgehead atoms. The molecule has 1 aliphatic rings. The second-order valence-electron chi connectivity index (χ2n) is 4.46. The van der Waals surface area contributed by atoms with Crippen molar-refractivity contribution in [3.8, 4) is 0 Å². The van der Waals surface area contributed by atoms with Crippen LogP contribution in [0.2, 0.25) is 5.02 Å². The highest BCUT2D eigenvalue weighted by atomic mass is 35.5. The summed E-state index contributed by atoms with van der Waals surface area (Å²) in [6, 6.07) is 5.01. The number of nitrogens with one attached hydrogen (secondary N) is 1. The first-order valence-electron chi connectivity index (χ1n) is 6.11. The summed E-state index contributed by atoms with van der Waals surface area (Å²) in [7, 11) is 0. The average Bonchev–Trinajstić information content (AvgIpc) is 2.26. The van der Waals surface area contributed by atoms with Crippen LogP contribution in [0.5, 0.6) is 0 Å². The smallest absolute Gasteiger partial charge is 0.226 e. The number of rotatable bonds is 5. The molecule has 0 heterocycles. The van der Waals surface area contributed by atoms with E-state index < -0.39 is 0 Å². The number of nitrogens with two attached hydrogens (primary N) is 1. The highest BCUT2D eigenvalue weighted by molar-refractivity contribution is 6.34. The third-order valence-corrected chi connectivity index (χ3v) is 3.31. The van der Waals surface area contributed by atoms with Gasteiger partial charge in [0.05, 0.1) is 29.8 Å². The van der Waals surface area contributed by atoms with E-state index in [1.54, 1.807) is 18.2 Å². The molecule has 0 aromatic heterocycles. The van der Waals surface area contributed by atoms with Crippen LogP contribution < -0.4 is 11.1 Å². The number of carbonyl (C=O) groups is 1. The molecule has 1 aliphatic carbocycles. The summed E-state index contributed by atoms with van der Waals surface area (Å²) >= 11 is 5.96. The number of ether oxygens (including phenoxy) is 1. The van der Waals surface area contributed by atoms with Crippen molar-refractivity contribution < 1.29 is 9.53 Å². The van der Waals surface area contributed by atoms with E-state index in [0.29, 0.717) is 35.5 Å². The summed E-state index contributed by atoms with van der Waals surface area (Å²) in [6.07, 6.45) is 4.17. The van der Waals surface area contributed by atoms with Gasteiger partial charge in [-0.15, -0.1) is 0 Å². The topological polar surface area (TPSA) is 64.3 Å². The van der Waals surface area contributed by atoms with Gasteiger partial charge in [0, 0.05) is 5.69 Å². The Hall–Kier alpha value is -1.26. The van der Waals surface area contributed by atoms with Crippen molar-refractivity contribution in [2.75, 3.05) is 17.7 Å². The van der Waals surface area contributed by atoms with Gasteiger partial charge in [-0.2, -0.15) is 0 Å². The van der Waals surface area contributed by atoms with Crippen molar-refractivity contribution in [2.24, 2.45) is 0 Å². The van der Waals surface area contributed by atoms with Crippen molar-refractivity contribution in [3.05, 3.63) is 23.2 Å². The summed E-state index contributed by atoms with van der Waals surface area (Å²) < 4.78 is 5.52. The molecule has 5 heteroatoms. The summed E-state index contributed by atoms with van der Waals surface area (Å²) in [5.74, 6) is -0.0963. The Morgan fingerprint density at radius 3 is 2.89 bits per heavy atom. The maximum atomic E-state index is 11.7. The van der Waals surface area contributed by atoms with Crippen LogP contribution in [0.25, 0.3) is 0 Å². The van der Waals surface area contributed by atoms with Gasteiger partial charge in [-0.1, -0.05) is 11.6 Å². The lowest BCUT2D eigenvalue weighted by molar-refractivity contribution is -0.118. The number of halogens is 1. The molecule has 98 valence electrons. The molecule has 1 aromatic carbocycles. The van der Waals surface area contributed by atoms with Crippen molar-refractivity contribution in [2.45, 2.75) is 31.8 Å². The molecule has 3 N–H and O–H groups in total. The Bertz CT molecular complexity index is 433. The first-order chi connectivity index (χ1) is 8.65. The third-order valence-electron chi connectivity index (χ3n) is 3.00. The molecule has 0 atom stereocenters. The zero-order chi connectivity index (χ0) is 13.0. The first-order valence-corrected chi connectivity index (χ1v) is 6.49. The van der Waals surface area contributed by atoms with Crippen LogP contribution in [0.3, 0.4) is 0 Å². The third kappa shape index (κ3) is 3.62. The molecule has 4 nitrogen and oxygen atoms in total. The van der Waals surface area contributed by atoms with Crippen molar-refractivity contribution >= 4 is 28.9 Å². The van der Waals surface area contributed by atoms with E-state index in [9.17, 15) is 4.79 Å². The molecule has 1 saturated carbocycles. The van der Waals surface area contributed by atoms with Crippen molar-refractivity contribution in [1.29, 1.82) is 0 Å². The lowest BCUT2D eigenvalue weighted by Crippen LogP contribution is -2.24. The minimum absolute atomic E-state index is 0.0963. The van der Waals surface area contributed by atoms with Gasteiger partial charge in [0.2, 0.25) is 5.91 Å². The highest BCUT2D eigenvalue weighted by Crippen LogP contribution is 2.24. The van der Waals surface area contributed by atoms with E-state index in [4.69, 9.17) is 22.1 Å². The van der Waals surface area contributed by atoms with Crippen LogP contribution in [-0.4, -0.2) is 18.6 Å². The van der Waals surface area contributed by atoms with Gasteiger partial charge in [0.15, 0.2) is 0 Å². The van der Waals surface area contributed by atoms with Crippen molar-refractivity contribution in [1.82, 2.24) is 0 Å². The monoisotopic (exact) mass is 268 g/mol. The van der Waals surface area contributed by atoms with E-state index in [1.165, 1.54) is 6.42 Å². The minimum atomic E-state index is -0.0963. The molecule has 2 rings (SSSR count). The molecule has 0 spiro atoms. The van der Waals surface area contributed by atoms with Gasteiger partial charge in [0.25, 0.3) is 0 Å². The fourth-order valence-corrected chi connectivity index (χ4v) is 1.94. The predicted molar refractivity (Wildman–Crippen MR) is 72.7 cm³/mol. The number of hydrogen-bond acceptors (Lipinski definition) is 3. The molecular weight excluding hydrogens is 252 g/mol. The van der Waals surface area contributed by atoms with E-state index in [1.807, 2.05) is 0 Å².